The lowest BCUT2D eigenvalue weighted by atomic mass is 10.0. The second-order valence-corrected chi connectivity index (χ2v) is 7.93. The van der Waals surface area contributed by atoms with Gasteiger partial charge in [0.1, 0.15) is 0 Å². The first-order valence-corrected chi connectivity index (χ1v) is 9.94. The third kappa shape index (κ3) is 3.85. The summed E-state index contributed by atoms with van der Waals surface area (Å²) in [5.74, 6) is -0.0297. The molecule has 3 rings (SSSR count). The lowest BCUT2D eigenvalue weighted by Gasteiger charge is -2.27. The van der Waals surface area contributed by atoms with Crippen LogP contribution in [0.3, 0.4) is 0 Å². The molecule has 2 aromatic rings. The van der Waals surface area contributed by atoms with E-state index in [0.717, 1.165) is 32.4 Å². The average molecular weight is 358 g/mol. The van der Waals surface area contributed by atoms with Crippen molar-refractivity contribution in [2.24, 2.45) is 0 Å². The van der Waals surface area contributed by atoms with Crippen LogP contribution in [0.15, 0.2) is 53.4 Å². The zero-order valence-corrected chi connectivity index (χ0v) is 15.1. The fourth-order valence-electron chi connectivity index (χ4n) is 3.05. The minimum Gasteiger partial charge on any atom is -0.339 e. The Balaban J connectivity index is 1.87. The van der Waals surface area contributed by atoms with Gasteiger partial charge >= 0.3 is 0 Å². The summed E-state index contributed by atoms with van der Waals surface area (Å²) in [6.07, 6.45) is 3.19. The van der Waals surface area contributed by atoms with Gasteiger partial charge in [-0.3, -0.25) is 9.52 Å². The van der Waals surface area contributed by atoms with Gasteiger partial charge in [0.25, 0.3) is 15.9 Å². The monoisotopic (exact) mass is 358 g/mol. The first-order valence-electron chi connectivity index (χ1n) is 8.46. The highest BCUT2D eigenvalue weighted by atomic mass is 32.2. The molecule has 0 atom stereocenters. The molecule has 1 saturated heterocycles. The van der Waals surface area contributed by atoms with Crippen molar-refractivity contribution in [1.82, 2.24) is 4.90 Å². The molecule has 6 heteroatoms. The van der Waals surface area contributed by atoms with Gasteiger partial charge in [-0.1, -0.05) is 24.3 Å². The third-order valence-electron chi connectivity index (χ3n) is 4.51. The number of piperidine rings is 1. The molecule has 25 heavy (non-hydrogen) atoms. The van der Waals surface area contributed by atoms with Crippen molar-refractivity contribution in [2.75, 3.05) is 17.8 Å². The molecule has 0 unspecified atom stereocenters. The number of carbonyl (C=O) groups excluding carboxylic acids is 1. The van der Waals surface area contributed by atoms with E-state index in [0.29, 0.717) is 16.8 Å². The largest absolute Gasteiger partial charge is 0.339 e. The molecular formula is C19H22N2O3S. The van der Waals surface area contributed by atoms with Crippen molar-refractivity contribution >= 4 is 21.6 Å². The van der Waals surface area contributed by atoms with Gasteiger partial charge in [0.15, 0.2) is 0 Å². The Kier molecular flexibility index (Phi) is 5.08. The Bertz CT molecular complexity index is 857. The van der Waals surface area contributed by atoms with E-state index >= 15 is 0 Å². The maximum absolute atomic E-state index is 12.8. The lowest BCUT2D eigenvalue weighted by Crippen LogP contribution is -2.36. The van der Waals surface area contributed by atoms with Crippen molar-refractivity contribution in [1.29, 1.82) is 0 Å². The molecule has 1 amide bonds. The van der Waals surface area contributed by atoms with Gasteiger partial charge in [0.2, 0.25) is 0 Å². The first kappa shape index (κ1) is 17.5. The standard InChI is InChI=1S/C19H22N2O3S/c1-15-17(19(22)21-13-6-3-7-14-21)11-8-12-18(15)20-25(23,24)16-9-4-2-5-10-16/h2,4-5,8-12,20H,3,6-7,13-14H2,1H3. The highest BCUT2D eigenvalue weighted by molar-refractivity contribution is 7.92. The molecular weight excluding hydrogens is 336 g/mol. The van der Waals surface area contributed by atoms with Crippen LogP contribution in [0.4, 0.5) is 5.69 Å². The Hall–Kier alpha value is -2.34. The number of hydrogen-bond donors (Lipinski definition) is 1. The summed E-state index contributed by atoms with van der Waals surface area (Å²) in [6, 6.07) is 13.4. The van der Waals surface area contributed by atoms with Crippen LogP contribution >= 0.6 is 0 Å². The molecule has 0 radical (unpaired) electrons. The highest BCUT2D eigenvalue weighted by Gasteiger charge is 2.22. The molecule has 5 nitrogen and oxygen atoms in total. The molecule has 1 aliphatic rings. The number of nitrogens with one attached hydrogen (secondary N) is 1. The van der Waals surface area contributed by atoms with Gasteiger partial charge in [-0.15, -0.1) is 0 Å². The summed E-state index contributed by atoms with van der Waals surface area (Å²) in [5.41, 5.74) is 1.64. The van der Waals surface area contributed by atoms with E-state index in [4.69, 9.17) is 0 Å². The average Bonchev–Trinajstić information content (AvgIpc) is 2.64. The number of amides is 1. The maximum atomic E-state index is 12.8. The topological polar surface area (TPSA) is 66.5 Å². The van der Waals surface area contributed by atoms with Crippen LogP contribution in [0.2, 0.25) is 0 Å². The van der Waals surface area contributed by atoms with E-state index in [1.54, 1.807) is 55.5 Å². The minimum absolute atomic E-state index is 0.0297. The van der Waals surface area contributed by atoms with Crippen LogP contribution in [-0.4, -0.2) is 32.3 Å². The van der Waals surface area contributed by atoms with Crippen LogP contribution in [0.1, 0.15) is 35.2 Å². The summed E-state index contributed by atoms with van der Waals surface area (Å²) < 4.78 is 27.7. The van der Waals surface area contributed by atoms with Crippen LogP contribution < -0.4 is 4.72 Å². The van der Waals surface area contributed by atoms with Crippen molar-refractivity contribution in [3.63, 3.8) is 0 Å². The number of anilines is 1. The molecule has 0 spiro atoms. The fourth-order valence-corrected chi connectivity index (χ4v) is 4.19. The normalized spacial score (nSPS) is 15.0. The predicted molar refractivity (Wildman–Crippen MR) is 98.2 cm³/mol. The zero-order chi connectivity index (χ0) is 17.9. The second-order valence-electron chi connectivity index (χ2n) is 6.25. The Morgan fingerprint density at radius 2 is 1.64 bits per heavy atom. The Labute approximate surface area is 148 Å². The maximum Gasteiger partial charge on any atom is 0.261 e. The molecule has 132 valence electrons. The first-order chi connectivity index (χ1) is 12.0. The number of likely N-dealkylation sites (tertiary alicyclic amines) is 1. The van der Waals surface area contributed by atoms with Crippen molar-refractivity contribution in [3.8, 4) is 0 Å². The number of rotatable bonds is 4. The van der Waals surface area contributed by atoms with Crippen LogP contribution in [0, 0.1) is 6.92 Å². The smallest absolute Gasteiger partial charge is 0.261 e. The molecule has 1 aliphatic heterocycles. The molecule has 2 aromatic carbocycles. The number of hydrogen-bond acceptors (Lipinski definition) is 3. The molecule has 0 aliphatic carbocycles. The van der Waals surface area contributed by atoms with Gasteiger partial charge in [0.05, 0.1) is 10.6 Å². The van der Waals surface area contributed by atoms with Gasteiger partial charge < -0.3 is 4.90 Å². The highest BCUT2D eigenvalue weighted by Crippen LogP contribution is 2.24. The number of carbonyl (C=O) groups is 1. The van der Waals surface area contributed by atoms with Gasteiger partial charge in [-0.25, -0.2) is 8.42 Å². The summed E-state index contributed by atoms with van der Waals surface area (Å²) >= 11 is 0. The summed E-state index contributed by atoms with van der Waals surface area (Å²) in [5, 5.41) is 0. The SMILES string of the molecule is Cc1c(NS(=O)(=O)c2ccccc2)cccc1C(=O)N1CCCCC1. The van der Waals surface area contributed by atoms with Crippen molar-refractivity contribution in [2.45, 2.75) is 31.1 Å². The van der Waals surface area contributed by atoms with E-state index in [-0.39, 0.29) is 10.8 Å². The Morgan fingerprint density at radius 3 is 2.32 bits per heavy atom. The van der Waals surface area contributed by atoms with E-state index in [1.807, 2.05) is 4.90 Å². The summed E-state index contributed by atoms with van der Waals surface area (Å²) in [6.45, 7) is 3.30. The second kappa shape index (κ2) is 7.27. The van der Waals surface area contributed by atoms with Gasteiger partial charge in [-0.2, -0.15) is 0 Å². The minimum atomic E-state index is -3.68. The zero-order valence-electron chi connectivity index (χ0n) is 14.2. The van der Waals surface area contributed by atoms with Crippen LogP contribution in [0.5, 0.6) is 0 Å². The van der Waals surface area contributed by atoms with E-state index in [9.17, 15) is 13.2 Å². The quantitative estimate of drug-likeness (QED) is 0.911. The molecule has 0 saturated carbocycles. The van der Waals surface area contributed by atoms with E-state index in [1.165, 1.54) is 0 Å². The van der Waals surface area contributed by atoms with Crippen molar-refractivity contribution in [3.05, 3.63) is 59.7 Å². The van der Waals surface area contributed by atoms with Crippen molar-refractivity contribution < 1.29 is 13.2 Å². The third-order valence-corrected chi connectivity index (χ3v) is 5.89. The summed E-state index contributed by atoms with van der Waals surface area (Å²) in [4.78, 5) is 14.8. The molecule has 0 aromatic heterocycles. The number of benzene rings is 2. The number of sulfonamides is 1. The molecule has 1 heterocycles. The summed E-state index contributed by atoms with van der Waals surface area (Å²) in [7, 11) is -3.68. The molecule has 1 N–H and O–H groups in total. The number of nitrogens with zero attached hydrogens (tertiary/aromatic N) is 1. The molecule has 1 fully saturated rings. The molecule has 0 bridgehead atoms. The van der Waals surface area contributed by atoms with Crippen LogP contribution in [0.25, 0.3) is 0 Å². The lowest BCUT2D eigenvalue weighted by molar-refractivity contribution is 0.0723. The van der Waals surface area contributed by atoms with Gasteiger partial charge in [0, 0.05) is 18.7 Å². The Morgan fingerprint density at radius 1 is 0.960 bits per heavy atom. The predicted octanol–water partition coefficient (Wildman–Crippen LogP) is 3.42. The van der Waals surface area contributed by atoms with Crippen LogP contribution in [-0.2, 0) is 10.0 Å². The van der Waals surface area contributed by atoms with E-state index < -0.39 is 10.0 Å². The fraction of sp³-hybridized carbons (Fsp3) is 0.316. The van der Waals surface area contributed by atoms with E-state index in [2.05, 4.69) is 4.72 Å². The van der Waals surface area contributed by atoms with Gasteiger partial charge in [-0.05, 0) is 56.0 Å².